The fraction of sp³-hybridized carbons (Fsp3) is 0.0909. The molecule has 0 fully saturated rings. The van der Waals surface area contributed by atoms with Gasteiger partial charge >= 0.3 is 0 Å². The van der Waals surface area contributed by atoms with E-state index < -0.39 is 10.0 Å². The molecule has 0 radical (unpaired) electrons. The lowest BCUT2D eigenvalue weighted by molar-refractivity contribution is 0.101. The van der Waals surface area contributed by atoms with Gasteiger partial charge in [0, 0.05) is 28.9 Å². The maximum Gasteiger partial charge on any atom is 0.264 e. The molecule has 3 aromatic carbocycles. The third kappa shape index (κ3) is 4.69. The van der Waals surface area contributed by atoms with Crippen LogP contribution in [0.5, 0.6) is 0 Å². The van der Waals surface area contributed by atoms with E-state index >= 15 is 0 Å². The van der Waals surface area contributed by atoms with Crippen molar-refractivity contribution in [3.63, 3.8) is 0 Å². The standard InChI is InChI=1S/C22H19ClN2O4S/c1-15(26)17-4-3-5-19(14-17)24-22(27)16-6-10-20(11-7-16)25(2)30(28,29)21-12-8-18(23)9-13-21/h3-14H,1-2H3,(H,24,27). The molecule has 0 atom stereocenters. The van der Waals surface area contributed by atoms with Crippen molar-refractivity contribution >= 4 is 44.7 Å². The second kappa shape index (κ2) is 8.69. The highest BCUT2D eigenvalue weighted by Gasteiger charge is 2.21. The van der Waals surface area contributed by atoms with E-state index in [-0.39, 0.29) is 16.6 Å². The fourth-order valence-electron chi connectivity index (χ4n) is 2.75. The zero-order valence-electron chi connectivity index (χ0n) is 16.3. The number of hydrogen-bond donors (Lipinski definition) is 1. The fourth-order valence-corrected chi connectivity index (χ4v) is 4.07. The molecule has 0 aromatic heterocycles. The molecule has 0 aliphatic rings. The molecule has 0 saturated heterocycles. The molecule has 6 nitrogen and oxygen atoms in total. The van der Waals surface area contributed by atoms with E-state index in [2.05, 4.69) is 5.32 Å². The van der Waals surface area contributed by atoms with Crippen molar-refractivity contribution in [2.45, 2.75) is 11.8 Å². The number of ketones is 1. The Morgan fingerprint density at radius 3 is 2.13 bits per heavy atom. The number of carbonyl (C=O) groups excluding carboxylic acids is 2. The van der Waals surface area contributed by atoms with E-state index in [1.807, 2.05) is 0 Å². The molecule has 1 amide bonds. The molecule has 1 N–H and O–H groups in total. The first-order chi connectivity index (χ1) is 14.2. The number of carbonyl (C=O) groups is 2. The lowest BCUT2D eigenvalue weighted by Crippen LogP contribution is -2.26. The number of benzene rings is 3. The van der Waals surface area contributed by atoms with Crippen LogP contribution in [0.25, 0.3) is 0 Å². The molecule has 0 spiro atoms. The van der Waals surface area contributed by atoms with Gasteiger partial charge in [0.25, 0.3) is 15.9 Å². The van der Waals surface area contributed by atoms with Gasteiger partial charge in [-0.1, -0.05) is 23.7 Å². The largest absolute Gasteiger partial charge is 0.322 e. The molecule has 0 bridgehead atoms. The maximum atomic E-state index is 12.8. The van der Waals surface area contributed by atoms with E-state index in [1.165, 1.54) is 50.4 Å². The van der Waals surface area contributed by atoms with Crippen molar-refractivity contribution in [3.05, 3.63) is 88.9 Å². The molecule has 0 saturated carbocycles. The van der Waals surface area contributed by atoms with E-state index in [9.17, 15) is 18.0 Å². The molecule has 3 aromatic rings. The highest BCUT2D eigenvalue weighted by Crippen LogP contribution is 2.24. The Kier molecular flexibility index (Phi) is 6.24. The number of hydrogen-bond acceptors (Lipinski definition) is 4. The van der Waals surface area contributed by atoms with Crippen molar-refractivity contribution in [1.82, 2.24) is 0 Å². The highest BCUT2D eigenvalue weighted by molar-refractivity contribution is 7.92. The zero-order chi connectivity index (χ0) is 21.9. The third-order valence-electron chi connectivity index (χ3n) is 4.49. The quantitative estimate of drug-likeness (QED) is 0.564. The Bertz CT molecular complexity index is 1190. The van der Waals surface area contributed by atoms with Crippen LogP contribution in [0.2, 0.25) is 5.02 Å². The highest BCUT2D eigenvalue weighted by atomic mass is 35.5. The minimum Gasteiger partial charge on any atom is -0.322 e. The number of rotatable bonds is 6. The van der Waals surface area contributed by atoms with E-state index in [1.54, 1.807) is 36.4 Å². The number of nitrogens with zero attached hydrogens (tertiary/aromatic N) is 1. The van der Waals surface area contributed by atoms with Gasteiger partial charge in [-0.15, -0.1) is 0 Å². The van der Waals surface area contributed by atoms with Crippen LogP contribution in [0.3, 0.4) is 0 Å². The van der Waals surface area contributed by atoms with Gasteiger partial charge in [0.2, 0.25) is 0 Å². The number of halogens is 1. The molecule has 30 heavy (non-hydrogen) atoms. The van der Waals surface area contributed by atoms with E-state index in [4.69, 9.17) is 11.6 Å². The predicted octanol–water partition coefficient (Wildman–Crippen LogP) is 4.62. The van der Waals surface area contributed by atoms with Crippen molar-refractivity contribution < 1.29 is 18.0 Å². The lowest BCUT2D eigenvalue weighted by atomic mass is 10.1. The van der Waals surface area contributed by atoms with Gasteiger partial charge in [-0.25, -0.2) is 8.42 Å². The van der Waals surface area contributed by atoms with Crippen LogP contribution in [-0.4, -0.2) is 27.2 Å². The van der Waals surface area contributed by atoms with Crippen LogP contribution in [0, 0.1) is 0 Å². The Morgan fingerprint density at radius 2 is 1.53 bits per heavy atom. The molecular weight excluding hydrogens is 424 g/mol. The summed E-state index contributed by atoms with van der Waals surface area (Å²) in [7, 11) is -2.32. The lowest BCUT2D eigenvalue weighted by Gasteiger charge is -2.20. The minimum atomic E-state index is -3.76. The van der Waals surface area contributed by atoms with Crippen molar-refractivity contribution in [3.8, 4) is 0 Å². The molecule has 8 heteroatoms. The van der Waals surface area contributed by atoms with Gasteiger partial charge in [-0.05, 0) is 67.6 Å². The number of amides is 1. The molecule has 0 unspecified atom stereocenters. The Hall–Kier alpha value is -3.16. The van der Waals surface area contributed by atoms with Gasteiger partial charge in [0.05, 0.1) is 10.6 Å². The Morgan fingerprint density at radius 1 is 0.900 bits per heavy atom. The summed E-state index contributed by atoms with van der Waals surface area (Å²) in [5.41, 5.74) is 1.75. The van der Waals surface area contributed by atoms with E-state index in [0.717, 1.165) is 4.31 Å². The second-order valence-electron chi connectivity index (χ2n) is 6.56. The molecular formula is C22H19ClN2O4S. The SMILES string of the molecule is CC(=O)c1cccc(NC(=O)c2ccc(N(C)S(=O)(=O)c3ccc(Cl)cc3)cc2)c1. The molecule has 0 aliphatic heterocycles. The van der Waals surface area contributed by atoms with Crippen LogP contribution in [0.1, 0.15) is 27.6 Å². The van der Waals surface area contributed by atoms with Crippen LogP contribution in [-0.2, 0) is 10.0 Å². The second-order valence-corrected chi connectivity index (χ2v) is 8.97. The van der Waals surface area contributed by atoms with Crippen LogP contribution >= 0.6 is 11.6 Å². The minimum absolute atomic E-state index is 0.0969. The smallest absolute Gasteiger partial charge is 0.264 e. The number of Topliss-reactive ketones (excluding diaryl/α,β-unsaturated/α-hetero) is 1. The third-order valence-corrected chi connectivity index (χ3v) is 6.54. The summed E-state index contributed by atoms with van der Waals surface area (Å²) < 4.78 is 26.7. The average Bonchev–Trinajstić information content (AvgIpc) is 2.73. The van der Waals surface area contributed by atoms with Gasteiger partial charge < -0.3 is 5.32 Å². The summed E-state index contributed by atoms with van der Waals surface area (Å²) in [4.78, 5) is 24.1. The maximum absolute atomic E-state index is 12.8. The summed E-state index contributed by atoms with van der Waals surface area (Å²) >= 11 is 5.82. The summed E-state index contributed by atoms with van der Waals surface area (Å²) in [5.74, 6) is -0.467. The number of nitrogens with one attached hydrogen (secondary N) is 1. The van der Waals surface area contributed by atoms with Crippen LogP contribution in [0.4, 0.5) is 11.4 Å². The topological polar surface area (TPSA) is 83.6 Å². The number of anilines is 2. The molecule has 3 rings (SSSR count). The van der Waals surface area contributed by atoms with Gasteiger partial charge in [-0.3, -0.25) is 13.9 Å². The van der Waals surface area contributed by atoms with Crippen molar-refractivity contribution in [2.24, 2.45) is 0 Å². The molecule has 0 heterocycles. The average molecular weight is 443 g/mol. The molecule has 0 aliphatic carbocycles. The summed E-state index contributed by atoms with van der Waals surface area (Å²) in [6.07, 6.45) is 0. The first-order valence-electron chi connectivity index (χ1n) is 8.95. The summed E-state index contributed by atoms with van der Waals surface area (Å²) in [6, 6.07) is 18.7. The zero-order valence-corrected chi connectivity index (χ0v) is 17.9. The van der Waals surface area contributed by atoms with Crippen molar-refractivity contribution in [1.29, 1.82) is 0 Å². The Balaban J connectivity index is 1.77. The van der Waals surface area contributed by atoms with E-state index in [0.29, 0.717) is 27.5 Å². The predicted molar refractivity (Wildman–Crippen MR) is 118 cm³/mol. The molecule has 154 valence electrons. The monoisotopic (exact) mass is 442 g/mol. The van der Waals surface area contributed by atoms with Crippen LogP contribution in [0.15, 0.2) is 77.7 Å². The van der Waals surface area contributed by atoms with Crippen molar-refractivity contribution in [2.75, 3.05) is 16.7 Å². The normalized spacial score (nSPS) is 11.0. The Labute approximate surface area is 180 Å². The first kappa shape index (κ1) is 21.5. The van der Waals surface area contributed by atoms with Gasteiger partial charge in [-0.2, -0.15) is 0 Å². The summed E-state index contributed by atoms with van der Waals surface area (Å²) in [6.45, 7) is 1.45. The van der Waals surface area contributed by atoms with Gasteiger partial charge in [0.1, 0.15) is 0 Å². The first-order valence-corrected chi connectivity index (χ1v) is 10.8. The summed E-state index contributed by atoms with van der Waals surface area (Å²) in [5, 5.41) is 3.17. The number of sulfonamides is 1. The van der Waals surface area contributed by atoms with Crippen LogP contribution < -0.4 is 9.62 Å². The van der Waals surface area contributed by atoms with Gasteiger partial charge in [0.15, 0.2) is 5.78 Å².